The number of fused-ring (bicyclic) bond motifs is 1. The first-order valence-electron chi connectivity index (χ1n) is 4.57. The molecule has 1 heterocycles. The van der Waals surface area contributed by atoms with Crippen molar-refractivity contribution >= 4 is 17.0 Å². The number of benzene rings is 1. The van der Waals surface area contributed by atoms with Crippen molar-refractivity contribution in [3.05, 3.63) is 51.8 Å². The molecule has 76 valence electrons. The van der Waals surface area contributed by atoms with Gasteiger partial charge in [-0.25, -0.2) is 0 Å². The zero-order chi connectivity index (χ0) is 10.8. The van der Waals surface area contributed by atoms with Gasteiger partial charge in [0.2, 0.25) is 5.70 Å². The number of nitrogens with zero attached hydrogens (tertiary/aromatic N) is 1. The largest absolute Gasteiger partial charge is 0.355 e. The number of nitrogens with one attached hydrogen (secondary N) is 1. The summed E-state index contributed by atoms with van der Waals surface area (Å²) in [5.41, 5.74) is 1.87. The maximum absolute atomic E-state index is 10.4. The van der Waals surface area contributed by atoms with E-state index in [0.29, 0.717) is 0 Å². The van der Waals surface area contributed by atoms with Gasteiger partial charge in [-0.3, -0.25) is 10.1 Å². The molecular formula is C11H10N2O2. The highest BCUT2D eigenvalue weighted by Gasteiger charge is 2.03. The topological polar surface area (TPSA) is 58.9 Å². The Balaban J connectivity index is 2.46. The molecule has 2 aromatic rings. The van der Waals surface area contributed by atoms with Crippen LogP contribution in [-0.4, -0.2) is 9.91 Å². The van der Waals surface area contributed by atoms with Gasteiger partial charge in [-0.05, 0) is 17.5 Å². The molecule has 0 fully saturated rings. The molecule has 0 unspecified atom stereocenters. The Hall–Kier alpha value is -2.10. The van der Waals surface area contributed by atoms with Crippen molar-refractivity contribution in [2.45, 2.75) is 6.92 Å². The van der Waals surface area contributed by atoms with E-state index in [1.165, 1.54) is 13.0 Å². The summed E-state index contributed by atoms with van der Waals surface area (Å²) in [6.07, 6.45) is 1.53. The molecule has 15 heavy (non-hydrogen) atoms. The molecule has 0 aliphatic heterocycles. The lowest BCUT2D eigenvalue weighted by Gasteiger charge is -1.88. The summed E-state index contributed by atoms with van der Waals surface area (Å²) in [5.74, 6) is 0. The molecule has 0 saturated carbocycles. The molecule has 1 aromatic heterocycles. The van der Waals surface area contributed by atoms with Gasteiger partial charge in [0.1, 0.15) is 0 Å². The van der Waals surface area contributed by atoms with Crippen LogP contribution in [0.25, 0.3) is 17.0 Å². The first-order valence-corrected chi connectivity index (χ1v) is 4.57. The van der Waals surface area contributed by atoms with Crippen molar-refractivity contribution in [2.75, 3.05) is 0 Å². The van der Waals surface area contributed by atoms with E-state index in [-0.39, 0.29) is 5.70 Å². The van der Waals surface area contributed by atoms with E-state index in [2.05, 4.69) is 4.98 Å². The van der Waals surface area contributed by atoms with Gasteiger partial charge < -0.3 is 4.98 Å². The number of allylic oxidation sites excluding steroid dienone is 1. The Morgan fingerprint density at radius 1 is 1.47 bits per heavy atom. The Morgan fingerprint density at radius 2 is 2.20 bits per heavy atom. The molecule has 0 atom stereocenters. The van der Waals surface area contributed by atoms with E-state index >= 15 is 0 Å². The molecule has 0 spiro atoms. The Morgan fingerprint density at radius 3 is 2.87 bits per heavy atom. The summed E-state index contributed by atoms with van der Waals surface area (Å²) >= 11 is 0. The van der Waals surface area contributed by atoms with Crippen LogP contribution >= 0.6 is 0 Å². The summed E-state index contributed by atoms with van der Waals surface area (Å²) < 4.78 is 0. The van der Waals surface area contributed by atoms with Crippen LogP contribution in [0.5, 0.6) is 0 Å². The van der Waals surface area contributed by atoms with Crippen LogP contribution < -0.4 is 0 Å². The zero-order valence-corrected chi connectivity index (χ0v) is 8.23. The molecule has 2 rings (SSSR count). The number of hydrogen-bond donors (Lipinski definition) is 1. The fourth-order valence-electron chi connectivity index (χ4n) is 1.45. The van der Waals surface area contributed by atoms with Gasteiger partial charge in [0.05, 0.1) is 4.92 Å². The smallest absolute Gasteiger partial charge is 0.245 e. The number of H-pyrrole nitrogens is 1. The zero-order valence-electron chi connectivity index (χ0n) is 8.23. The minimum atomic E-state index is -0.397. The maximum atomic E-state index is 10.4. The van der Waals surface area contributed by atoms with Crippen molar-refractivity contribution in [1.82, 2.24) is 4.98 Å². The van der Waals surface area contributed by atoms with Gasteiger partial charge in [-0.15, -0.1) is 0 Å². The maximum Gasteiger partial charge on any atom is 0.245 e. The van der Waals surface area contributed by atoms with Gasteiger partial charge in [-0.2, -0.15) is 0 Å². The quantitative estimate of drug-likeness (QED) is 0.601. The third-order valence-corrected chi connectivity index (χ3v) is 2.20. The van der Waals surface area contributed by atoms with Crippen molar-refractivity contribution in [2.24, 2.45) is 0 Å². The molecule has 0 aliphatic rings. The minimum Gasteiger partial charge on any atom is -0.355 e. The molecule has 0 radical (unpaired) electrons. The Bertz CT molecular complexity index is 507. The summed E-state index contributed by atoms with van der Waals surface area (Å²) in [4.78, 5) is 13.1. The monoisotopic (exact) mass is 202 g/mol. The lowest BCUT2D eigenvalue weighted by molar-refractivity contribution is -0.422. The van der Waals surface area contributed by atoms with Crippen LogP contribution in [-0.2, 0) is 0 Å². The van der Waals surface area contributed by atoms with Crippen molar-refractivity contribution in [3.8, 4) is 0 Å². The van der Waals surface area contributed by atoms with Crippen molar-refractivity contribution in [3.63, 3.8) is 0 Å². The van der Waals surface area contributed by atoms with Crippen molar-refractivity contribution in [1.29, 1.82) is 0 Å². The highest BCUT2D eigenvalue weighted by molar-refractivity contribution is 5.82. The van der Waals surface area contributed by atoms with E-state index < -0.39 is 4.92 Å². The Kier molecular flexibility index (Phi) is 2.25. The number of aromatic nitrogens is 1. The van der Waals surface area contributed by atoms with Gasteiger partial charge in [0.25, 0.3) is 0 Å². The summed E-state index contributed by atoms with van der Waals surface area (Å²) in [5, 5.41) is 11.5. The molecule has 1 aromatic carbocycles. The minimum absolute atomic E-state index is 0.126. The van der Waals surface area contributed by atoms with E-state index in [1.54, 1.807) is 0 Å². The summed E-state index contributed by atoms with van der Waals surface area (Å²) in [6.45, 7) is 1.48. The van der Waals surface area contributed by atoms with E-state index in [4.69, 9.17) is 0 Å². The van der Waals surface area contributed by atoms with E-state index in [1.807, 2.05) is 30.3 Å². The third-order valence-electron chi connectivity index (χ3n) is 2.20. The second kappa shape index (κ2) is 3.57. The fraction of sp³-hybridized carbons (Fsp3) is 0.0909. The van der Waals surface area contributed by atoms with Gasteiger partial charge >= 0.3 is 0 Å². The molecular weight excluding hydrogens is 192 g/mol. The van der Waals surface area contributed by atoms with Crippen LogP contribution in [0.3, 0.4) is 0 Å². The van der Waals surface area contributed by atoms with E-state index in [9.17, 15) is 10.1 Å². The molecule has 4 heteroatoms. The van der Waals surface area contributed by atoms with Crippen LogP contribution in [0.4, 0.5) is 0 Å². The van der Waals surface area contributed by atoms with E-state index in [0.717, 1.165) is 16.6 Å². The number of rotatable bonds is 2. The second-order valence-electron chi connectivity index (χ2n) is 3.35. The molecule has 0 saturated heterocycles. The van der Waals surface area contributed by atoms with Crippen LogP contribution in [0.1, 0.15) is 12.6 Å². The lowest BCUT2D eigenvalue weighted by atomic mass is 10.2. The summed E-state index contributed by atoms with van der Waals surface area (Å²) in [7, 11) is 0. The standard InChI is InChI=1S/C11H10N2O2/c1-8(13(14)15)6-10-7-9-4-2-3-5-11(9)12-10/h2-7,12H,1H3/b8-6+. The first kappa shape index (κ1) is 9.45. The Labute approximate surface area is 86.4 Å². The third kappa shape index (κ3) is 1.88. The lowest BCUT2D eigenvalue weighted by Crippen LogP contribution is -1.92. The number of aromatic amines is 1. The molecule has 4 nitrogen and oxygen atoms in total. The van der Waals surface area contributed by atoms with Crippen LogP contribution in [0, 0.1) is 10.1 Å². The molecule has 0 aliphatic carbocycles. The number of para-hydroxylation sites is 1. The fourth-order valence-corrected chi connectivity index (χ4v) is 1.45. The normalized spacial score (nSPS) is 11.9. The second-order valence-corrected chi connectivity index (χ2v) is 3.35. The number of nitro groups is 1. The molecule has 1 N–H and O–H groups in total. The van der Waals surface area contributed by atoms with Crippen LogP contribution in [0.2, 0.25) is 0 Å². The SMILES string of the molecule is C/C(=C\c1cc2ccccc2[nH]1)[N+](=O)[O-]. The van der Waals surface area contributed by atoms with Crippen molar-refractivity contribution < 1.29 is 4.92 Å². The van der Waals surface area contributed by atoms with Gasteiger partial charge in [-0.1, -0.05) is 18.2 Å². The molecule has 0 amide bonds. The first-order chi connectivity index (χ1) is 7.16. The summed E-state index contributed by atoms with van der Waals surface area (Å²) in [6, 6.07) is 9.65. The average molecular weight is 202 g/mol. The van der Waals surface area contributed by atoms with Gasteiger partial charge in [0.15, 0.2) is 0 Å². The molecule has 0 bridgehead atoms. The highest BCUT2D eigenvalue weighted by Crippen LogP contribution is 2.16. The van der Waals surface area contributed by atoms with Crippen LogP contribution in [0.15, 0.2) is 36.0 Å². The predicted octanol–water partition coefficient (Wildman–Crippen LogP) is 2.81. The number of hydrogen-bond acceptors (Lipinski definition) is 2. The van der Waals surface area contributed by atoms with Gasteiger partial charge in [0, 0.05) is 24.2 Å². The highest BCUT2D eigenvalue weighted by atomic mass is 16.6. The average Bonchev–Trinajstić information content (AvgIpc) is 2.59. The predicted molar refractivity (Wildman–Crippen MR) is 58.9 cm³/mol.